The van der Waals surface area contributed by atoms with E-state index in [9.17, 15) is 8.42 Å². The number of rotatable bonds is 11. The van der Waals surface area contributed by atoms with Crippen LogP contribution in [0.2, 0.25) is 0 Å². The van der Waals surface area contributed by atoms with Gasteiger partial charge in [-0.1, -0.05) is 6.07 Å². The van der Waals surface area contributed by atoms with E-state index in [0.717, 1.165) is 24.8 Å². The summed E-state index contributed by atoms with van der Waals surface area (Å²) in [7, 11) is -0.201. The zero-order chi connectivity index (χ0) is 21.8. The van der Waals surface area contributed by atoms with Crippen molar-refractivity contribution in [3.63, 3.8) is 0 Å². The van der Waals surface area contributed by atoms with E-state index < -0.39 is 10.0 Å². The third kappa shape index (κ3) is 8.37. The molecule has 1 aliphatic heterocycles. The fourth-order valence-corrected chi connectivity index (χ4v) is 4.01. The molecule has 0 radical (unpaired) electrons. The van der Waals surface area contributed by atoms with Crippen LogP contribution in [-0.2, 0) is 21.3 Å². The quantitative estimate of drug-likeness (QED) is 0.349. The van der Waals surface area contributed by atoms with Crippen LogP contribution in [-0.4, -0.2) is 66.7 Å². The van der Waals surface area contributed by atoms with Gasteiger partial charge < -0.3 is 24.8 Å². The molecule has 1 unspecified atom stereocenters. The lowest BCUT2D eigenvalue weighted by Gasteiger charge is -2.22. The molecule has 9 nitrogen and oxygen atoms in total. The van der Waals surface area contributed by atoms with E-state index in [1.807, 2.05) is 25.1 Å². The molecule has 1 fully saturated rings. The van der Waals surface area contributed by atoms with Crippen LogP contribution in [0, 0.1) is 0 Å². The number of sulfonamides is 1. The van der Waals surface area contributed by atoms with Crippen molar-refractivity contribution >= 4 is 16.0 Å². The van der Waals surface area contributed by atoms with E-state index in [2.05, 4.69) is 20.3 Å². The summed E-state index contributed by atoms with van der Waals surface area (Å²) in [6, 6.07) is 5.61. The van der Waals surface area contributed by atoms with E-state index in [1.165, 1.54) is 0 Å². The van der Waals surface area contributed by atoms with Crippen molar-refractivity contribution in [2.45, 2.75) is 38.8 Å². The normalized spacial score (nSPS) is 17.4. The lowest BCUT2D eigenvalue weighted by Crippen LogP contribution is -2.42. The first-order valence-electron chi connectivity index (χ1n) is 10.3. The van der Waals surface area contributed by atoms with Crippen LogP contribution in [0.25, 0.3) is 0 Å². The van der Waals surface area contributed by atoms with Gasteiger partial charge in [-0.3, -0.25) is 0 Å². The molecule has 0 aromatic heterocycles. The Morgan fingerprint density at radius 2 is 2.00 bits per heavy atom. The third-order valence-electron chi connectivity index (χ3n) is 4.68. The molecule has 1 aliphatic rings. The topological polar surface area (TPSA) is 110 Å². The third-order valence-corrected chi connectivity index (χ3v) is 6.03. The minimum Gasteiger partial charge on any atom is -0.493 e. The minimum absolute atomic E-state index is 0.0261. The van der Waals surface area contributed by atoms with Crippen molar-refractivity contribution in [2.75, 3.05) is 46.2 Å². The molecule has 1 heterocycles. The molecule has 30 heavy (non-hydrogen) atoms. The summed E-state index contributed by atoms with van der Waals surface area (Å²) in [6.07, 6.45) is 3.00. The van der Waals surface area contributed by atoms with Gasteiger partial charge >= 0.3 is 0 Å². The van der Waals surface area contributed by atoms with E-state index in [4.69, 9.17) is 14.2 Å². The Labute approximate surface area is 179 Å². The minimum atomic E-state index is -3.38. The molecule has 10 heteroatoms. The number of hydrogen-bond donors (Lipinski definition) is 3. The van der Waals surface area contributed by atoms with Crippen LogP contribution in [0.1, 0.15) is 31.7 Å². The molecule has 0 amide bonds. The van der Waals surface area contributed by atoms with Gasteiger partial charge in [0.2, 0.25) is 10.0 Å². The zero-order valence-electron chi connectivity index (χ0n) is 18.1. The number of ether oxygens (including phenoxy) is 3. The second-order valence-electron chi connectivity index (χ2n) is 6.97. The van der Waals surface area contributed by atoms with Crippen LogP contribution in [0.15, 0.2) is 23.2 Å². The molecular formula is C20H34N4O5S. The van der Waals surface area contributed by atoms with Crippen LogP contribution in [0.4, 0.5) is 0 Å². The smallest absolute Gasteiger partial charge is 0.213 e. The van der Waals surface area contributed by atoms with Crippen LogP contribution in [0.3, 0.4) is 0 Å². The van der Waals surface area contributed by atoms with Crippen molar-refractivity contribution in [1.29, 1.82) is 0 Å². The van der Waals surface area contributed by atoms with Gasteiger partial charge in [0, 0.05) is 26.2 Å². The molecule has 170 valence electrons. The number of aliphatic imine (C=N–C) groups is 1. The lowest BCUT2D eigenvalue weighted by molar-refractivity contribution is 0.0200. The maximum Gasteiger partial charge on any atom is 0.213 e. The highest BCUT2D eigenvalue weighted by Gasteiger charge is 2.17. The molecular weight excluding hydrogens is 408 g/mol. The first-order valence-corrected chi connectivity index (χ1v) is 11.9. The molecule has 0 bridgehead atoms. The monoisotopic (exact) mass is 442 g/mol. The summed E-state index contributed by atoms with van der Waals surface area (Å²) in [5.41, 5.74) is 0.951. The number of benzene rings is 1. The molecule has 1 aromatic rings. The predicted octanol–water partition coefficient (Wildman–Crippen LogP) is 1.25. The van der Waals surface area contributed by atoms with E-state index in [-0.39, 0.29) is 18.4 Å². The van der Waals surface area contributed by atoms with Crippen molar-refractivity contribution < 1.29 is 22.6 Å². The Hall–Kier alpha value is -2.04. The van der Waals surface area contributed by atoms with Crippen molar-refractivity contribution in [3.8, 4) is 11.5 Å². The standard InChI is InChI=1S/C20H34N4O5S/c1-4-21-20(23-14-16-8-9-18(27-2)19(13-16)28-3)22-10-12-30(25,26)24-15-17-7-5-6-11-29-17/h8-9,13,17,24H,4-7,10-12,14-15H2,1-3H3,(H2,21,22,23). The van der Waals surface area contributed by atoms with E-state index >= 15 is 0 Å². The van der Waals surface area contributed by atoms with Crippen molar-refractivity contribution in [1.82, 2.24) is 15.4 Å². The van der Waals surface area contributed by atoms with Gasteiger partial charge in [0.1, 0.15) is 0 Å². The fraction of sp³-hybridized carbons (Fsp3) is 0.650. The van der Waals surface area contributed by atoms with Crippen LogP contribution >= 0.6 is 0 Å². The summed E-state index contributed by atoms with van der Waals surface area (Å²) in [4.78, 5) is 4.52. The average Bonchev–Trinajstić information content (AvgIpc) is 2.76. The van der Waals surface area contributed by atoms with Crippen molar-refractivity contribution in [2.24, 2.45) is 4.99 Å². The summed E-state index contributed by atoms with van der Waals surface area (Å²) in [5, 5.41) is 6.19. The molecule has 2 rings (SSSR count). The van der Waals surface area contributed by atoms with Crippen LogP contribution < -0.4 is 24.8 Å². The highest BCUT2D eigenvalue weighted by atomic mass is 32.2. The second-order valence-corrected chi connectivity index (χ2v) is 8.89. The Morgan fingerprint density at radius 1 is 1.20 bits per heavy atom. The maximum absolute atomic E-state index is 12.2. The van der Waals surface area contributed by atoms with Gasteiger partial charge in [-0.05, 0) is 43.9 Å². The second kappa shape index (κ2) is 12.6. The number of nitrogens with one attached hydrogen (secondary N) is 3. The summed E-state index contributed by atoms with van der Waals surface area (Å²) in [5.74, 6) is 1.81. The van der Waals surface area contributed by atoms with Gasteiger partial charge in [-0.25, -0.2) is 18.1 Å². The van der Waals surface area contributed by atoms with Crippen LogP contribution in [0.5, 0.6) is 11.5 Å². The SMILES string of the molecule is CCNC(=NCc1ccc(OC)c(OC)c1)NCCS(=O)(=O)NCC1CCCCO1. The predicted molar refractivity (Wildman–Crippen MR) is 118 cm³/mol. The Kier molecular flexibility index (Phi) is 10.2. The molecule has 0 aliphatic carbocycles. The van der Waals surface area contributed by atoms with E-state index in [1.54, 1.807) is 14.2 Å². The van der Waals surface area contributed by atoms with E-state index in [0.29, 0.717) is 43.7 Å². The summed E-state index contributed by atoms with van der Waals surface area (Å²) < 4.78 is 43.2. The largest absolute Gasteiger partial charge is 0.493 e. The molecule has 1 atom stereocenters. The van der Waals surface area contributed by atoms with Gasteiger partial charge in [-0.2, -0.15) is 0 Å². The average molecular weight is 443 g/mol. The van der Waals surface area contributed by atoms with Crippen molar-refractivity contribution in [3.05, 3.63) is 23.8 Å². The number of hydrogen-bond acceptors (Lipinski definition) is 6. The Balaban J connectivity index is 1.84. The Morgan fingerprint density at radius 3 is 2.67 bits per heavy atom. The zero-order valence-corrected chi connectivity index (χ0v) is 18.9. The molecule has 1 aromatic carbocycles. The molecule has 0 saturated carbocycles. The van der Waals surface area contributed by atoms with Gasteiger partial charge in [-0.15, -0.1) is 0 Å². The lowest BCUT2D eigenvalue weighted by atomic mass is 10.1. The first-order chi connectivity index (χ1) is 14.5. The highest BCUT2D eigenvalue weighted by molar-refractivity contribution is 7.89. The number of methoxy groups -OCH3 is 2. The summed E-state index contributed by atoms with van der Waals surface area (Å²) in [6.45, 7) is 4.32. The molecule has 3 N–H and O–H groups in total. The summed E-state index contributed by atoms with van der Waals surface area (Å²) >= 11 is 0. The fourth-order valence-electron chi connectivity index (χ4n) is 3.06. The number of guanidine groups is 1. The van der Waals surface area contributed by atoms with Gasteiger partial charge in [0.25, 0.3) is 0 Å². The Bertz CT molecular complexity index is 779. The molecule has 0 spiro atoms. The maximum atomic E-state index is 12.2. The molecule has 1 saturated heterocycles. The number of nitrogens with zero attached hydrogens (tertiary/aromatic N) is 1. The highest BCUT2D eigenvalue weighted by Crippen LogP contribution is 2.27. The van der Waals surface area contributed by atoms with Gasteiger partial charge in [0.05, 0.1) is 32.6 Å². The first kappa shape index (κ1) is 24.2. The van der Waals surface area contributed by atoms with Gasteiger partial charge in [0.15, 0.2) is 17.5 Å².